The molecule has 26 heavy (non-hydrogen) atoms. The molecule has 0 aliphatic carbocycles. The van der Waals surface area contributed by atoms with E-state index in [4.69, 9.17) is 4.74 Å². The molecule has 140 valence electrons. The van der Waals surface area contributed by atoms with E-state index in [0.29, 0.717) is 17.7 Å². The molecule has 2 heterocycles. The van der Waals surface area contributed by atoms with E-state index in [0.717, 1.165) is 4.90 Å². The minimum absolute atomic E-state index is 0.336. The van der Waals surface area contributed by atoms with Crippen molar-refractivity contribution < 1.29 is 23.5 Å². The lowest BCUT2D eigenvalue weighted by molar-refractivity contribution is -0.154. The second-order valence-electron chi connectivity index (χ2n) is 6.62. The van der Waals surface area contributed by atoms with Crippen LogP contribution in [-0.4, -0.2) is 54.4 Å². The Morgan fingerprint density at radius 3 is 2.54 bits per heavy atom. The number of imide groups is 1. The Hall–Kier alpha value is -1.93. The zero-order chi connectivity index (χ0) is 19.1. The van der Waals surface area contributed by atoms with Crippen LogP contribution in [0.1, 0.15) is 18.0 Å². The molecule has 0 aromatic heterocycles. The molecule has 1 aromatic rings. The number of hydrogen-bond donors (Lipinski definition) is 1. The number of carbonyl (C=O) groups is 3. The van der Waals surface area contributed by atoms with Crippen LogP contribution in [0.3, 0.4) is 0 Å². The van der Waals surface area contributed by atoms with E-state index in [1.165, 1.54) is 26.3 Å². The molecular formula is C18H21FN2O4S. The monoisotopic (exact) mass is 380 g/mol. The Kier molecular flexibility index (Phi) is 5.07. The molecule has 3 rings (SSSR count). The van der Waals surface area contributed by atoms with Gasteiger partial charge in [0.15, 0.2) is 0 Å². The van der Waals surface area contributed by atoms with E-state index in [1.807, 2.05) is 6.26 Å². The van der Waals surface area contributed by atoms with E-state index in [1.54, 1.807) is 23.9 Å². The number of nitrogens with one attached hydrogen (secondary N) is 1. The maximum Gasteiger partial charge on any atom is 0.326 e. The molecule has 8 heteroatoms. The van der Waals surface area contributed by atoms with E-state index >= 15 is 0 Å². The number of benzene rings is 1. The number of carbonyl (C=O) groups excluding carboxylic acids is 3. The van der Waals surface area contributed by atoms with Crippen LogP contribution in [-0.2, 0) is 19.1 Å². The topological polar surface area (TPSA) is 75.7 Å². The SMILES string of the molecule is COC(=O)[C@]1(CCSC)N[C@H](c2ccc(F)cc2)[C@@H]2C(=O)N(C)C(=O)[C@@H]21. The Morgan fingerprint density at radius 2 is 1.96 bits per heavy atom. The van der Waals surface area contributed by atoms with E-state index in [9.17, 15) is 18.8 Å². The van der Waals surface area contributed by atoms with Gasteiger partial charge >= 0.3 is 5.97 Å². The summed E-state index contributed by atoms with van der Waals surface area (Å²) in [5, 5.41) is 3.23. The van der Waals surface area contributed by atoms with Crippen LogP contribution in [0.5, 0.6) is 0 Å². The van der Waals surface area contributed by atoms with Gasteiger partial charge < -0.3 is 4.74 Å². The van der Waals surface area contributed by atoms with E-state index in [2.05, 4.69) is 5.32 Å². The highest BCUT2D eigenvalue weighted by Gasteiger charge is 2.67. The van der Waals surface area contributed by atoms with Crippen LogP contribution in [0.25, 0.3) is 0 Å². The zero-order valence-corrected chi connectivity index (χ0v) is 15.6. The molecule has 2 aliphatic heterocycles. The summed E-state index contributed by atoms with van der Waals surface area (Å²) in [4.78, 5) is 39.4. The molecule has 0 bridgehead atoms. The summed E-state index contributed by atoms with van der Waals surface area (Å²) in [6.07, 6.45) is 2.26. The number of amides is 2. The first-order chi connectivity index (χ1) is 12.4. The van der Waals surface area contributed by atoms with Gasteiger partial charge in [-0.1, -0.05) is 12.1 Å². The number of fused-ring (bicyclic) bond motifs is 1. The van der Waals surface area contributed by atoms with E-state index < -0.39 is 35.2 Å². The molecule has 1 N–H and O–H groups in total. The number of hydrogen-bond acceptors (Lipinski definition) is 6. The predicted molar refractivity (Wildman–Crippen MR) is 94.8 cm³/mol. The van der Waals surface area contributed by atoms with Crippen LogP contribution in [0.2, 0.25) is 0 Å². The Morgan fingerprint density at radius 1 is 1.31 bits per heavy atom. The molecule has 1 aromatic carbocycles. The molecule has 6 nitrogen and oxygen atoms in total. The Balaban J connectivity index is 2.11. The lowest BCUT2D eigenvalue weighted by atomic mass is 9.78. The molecule has 0 radical (unpaired) electrons. The summed E-state index contributed by atoms with van der Waals surface area (Å²) in [5.74, 6) is -2.61. The van der Waals surface area contributed by atoms with Gasteiger partial charge in [0.05, 0.1) is 18.9 Å². The van der Waals surface area contributed by atoms with Crippen molar-refractivity contribution in [3.63, 3.8) is 0 Å². The van der Waals surface area contributed by atoms with Crippen molar-refractivity contribution in [1.29, 1.82) is 0 Å². The first-order valence-electron chi connectivity index (χ1n) is 8.29. The van der Waals surface area contributed by atoms with Gasteiger partial charge in [0, 0.05) is 13.1 Å². The second-order valence-corrected chi connectivity index (χ2v) is 7.60. The van der Waals surface area contributed by atoms with Crippen molar-refractivity contribution >= 4 is 29.5 Å². The quantitative estimate of drug-likeness (QED) is 0.614. The van der Waals surface area contributed by atoms with Crippen molar-refractivity contribution in [2.45, 2.75) is 18.0 Å². The fraction of sp³-hybridized carbons (Fsp3) is 0.500. The predicted octanol–water partition coefficient (Wildman–Crippen LogP) is 1.37. The van der Waals surface area contributed by atoms with Gasteiger partial charge in [-0.3, -0.25) is 24.6 Å². The number of thioether (sulfide) groups is 1. The van der Waals surface area contributed by atoms with Gasteiger partial charge in [-0.25, -0.2) is 4.39 Å². The van der Waals surface area contributed by atoms with Crippen LogP contribution in [0.4, 0.5) is 4.39 Å². The van der Waals surface area contributed by atoms with Gasteiger partial charge in [-0.2, -0.15) is 11.8 Å². The maximum absolute atomic E-state index is 13.3. The highest BCUT2D eigenvalue weighted by molar-refractivity contribution is 7.98. The third-order valence-electron chi connectivity index (χ3n) is 5.35. The lowest BCUT2D eigenvalue weighted by Gasteiger charge is -2.32. The zero-order valence-electron chi connectivity index (χ0n) is 14.8. The molecule has 4 atom stereocenters. The molecule has 0 spiro atoms. The molecule has 0 unspecified atom stereocenters. The number of halogens is 1. The first-order valence-corrected chi connectivity index (χ1v) is 9.68. The van der Waals surface area contributed by atoms with E-state index in [-0.39, 0.29) is 11.8 Å². The fourth-order valence-electron chi connectivity index (χ4n) is 4.07. The molecule has 0 saturated carbocycles. The minimum Gasteiger partial charge on any atom is -0.468 e. The van der Waals surface area contributed by atoms with Crippen LogP contribution < -0.4 is 5.32 Å². The number of nitrogens with zero attached hydrogens (tertiary/aromatic N) is 1. The molecule has 2 saturated heterocycles. The average molecular weight is 380 g/mol. The normalized spacial score (nSPS) is 30.6. The lowest BCUT2D eigenvalue weighted by Crippen LogP contribution is -2.56. The summed E-state index contributed by atoms with van der Waals surface area (Å²) in [7, 11) is 2.71. The van der Waals surface area contributed by atoms with Crippen LogP contribution in [0, 0.1) is 17.7 Å². The van der Waals surface area contributed by atoms with Gasteiger partial charge in [-0.05, 0) is 36.1 Å². The Bertz CT molecular complexity index is 741. The number of ether oxygens (including phenoxy) is 1. The van der Waals surface area contributed by atoms with Gasteiger partial charge in [-0.15, -0.1) is 0 Å². The standard InChI is InChI=1S/C18H21FN2O4S/c1-21-15(22)12-13(16(21)23)18(8-9-26-3,17(24)25-2)20-14(12)10-4-6-11(19)7-5-10/h4-7,12-14,20H,8-9H2,1-3H3/t12-,13-,14-,18-/m1/s1. The van der Waals surface area contributed by atoms with Crippen molar-refractivity contribution in [3.8, 4) is 0 Å². The largest absolute Gasteiger partial charge is 0.468 e. The van der Waals surface area contributed by atoms with Crippen molar-refractivity contribution in [2.24, 2.45) is 11.8 Å². The molecule has 2 fully saturated rings. The minimum atomic E-state index is -1.28. The van der Waals surface area contributed by atoms with Crippen molar-refractivity contribution in [1.82, 2.24) is 10.2 Å². The summed E-state index contributed by atoms with van der Waals surface area (Å²) in [6, 6.07) is 5.18. The third kappa shape index (κ3) is 2.72. The smallest absolute Gasteiger partial charge is 0.326 e. The number of esters is 1. The van der Waals surface area contributed by atoms with Crippen molar-refractivity contribution in [2.75, 3.05) is 26.2 Å². The fourth-order valence-corrected chi connectivity index (χ4v) is 4.59. The number of rotatable bonds is 5. The maximum atomic E-state index is 13.3. The summed E-state index contributed by atoms with van der Waals surface area (Å²) >= 11 is 1.54. The third-order valence-corrected chi connectivity index (χ3v) is 5.97. The number of likely N-dealkylation sites (tertiary alicyclic amines) is 1. The van der Waals surface area contributed by atoms with Crippen LogP contribution in [0.15, 0.2) is 24.3 Å². The van der Waals surface area contributed by atoms with Gasteiger partial charge in [0.25, 0.3) is 0 Å². The van der Waals surface area contributed by atoms with Gasteiger partial charge in [0.2, 0.25) is 11.8 Å². The van der Waals surface area contributed by atoms with Crippen LogP contribution >= 0.6 is 11.8 Å². The second kappa shape index (κ2) is 7.00. The molecule has 2 aliphatic rings. The summed E-state index contributed by atoms with van der Waals surface area (Å²) in [5.41, 5.74) is -0.619. The van der Waals surface area contributed by atoms with Crippen molar-refractivity contribution in [3.05, 3.63) is 35.6 Å². The summed E-state index contributed by atoms with van der Waals surface area (Å²) < 4.78 is 18.3. The first kappa shape index (κ1) is 18.8. The highest BCUT2D eigenvalue weighted by Crippen LogP contribution is 2.50. The number of methoxy groups -OCH3 is 1. The molecular weight excluding hydrogens is 359 g/mol. The summed E-state index contributed by atoms with van der Waals surface area (Å²) in [6.45, 7) is 0. The highest BCUT2D eigenvalue weighted by atomic mass is 32.2. The molecule has 2 amide bonds. The average Bonchev–Trinajstić information content (AvgIpc) is 3.10. The van der Waals surface area contributed by atoms with Gasteiger partial charge in [0.1, 0.15) is 11.4 Å². The Labute approximate surface area is 155 Å².